The molecule has 7 atom stereocenters. The highest BCUT2D eigenvalue weighted by atomic mass is 16.6. The number of esters is 2. The summed E-state index contributed by atoms with van der Waals surface area (Å²) >= 11 is 0. The number of aldehydes is 1. The van der Waals surface area contributed by atoms with Gasteiger partial charge in [0.25, 0.3) is 0 Å². The summed E-state index contributed by atoms with van der Waals surface area (Å²) in [5, 5.41) is 11.0. The quantitative estimate of drug-likeness (QED) is 0.429. The maximum absolute atomic E-state index is 13.5. The van der Waals surface area contributed by atoms with Gasteiger partial charge in [0.2, 0.25) is 6.29 Å². The SMILES string of the molecule is C=C1[C@H]2CC3=C4[C@](C2)(C(=O)O[C@H]2CCC(C)(C)[C@@H]([C@@H](O)O3)[C@]42C=O)[C@@H]1OC(C)=O. The second kappa shape index (κ2) is 5.50. The number of carbonyl (C=O) groups excluding carboxylic acids is 3. The summed E-state index contributed by atoms with van der Waals surface area (Å²) in [6, 6.07) is 0. The van der Waals surface area contributed by atoms with E-state index in [0.717, 1.165) is 6.29 Å². The Bertz CT molecular complexity index is 886. The predicted octanol–water partition coefficient (Wildman–Crippen LogP) is 2.03. The van der Waals surface area contributed by atoms with Gasteiger partial charge in [-0.05, 0) is 36.2 Å². The van der Waals surface area contributed by atoms with Crippen LogP contribution in [-0.4, -0.2) is 41.8 Å². The number of hydrogen-bond acceptors (Lipinski definition) is 7. The number of carbonyl (C=O) groups is 3. The first-order valence-electron chi connectivity index (χ1n) is 10.2. The van der Waals surface area contributed by atoms with Gasteiger partial charge in [-0.1, -0.05) is 20.4 Å². The van der Waals surface area contributed by atoms with Crippen molar-refractivity contribution in [3.8, 4) is 0 Å². The normalized spacial score (nSPS) is 46.4. The van der Waals surface area contributed by atoms with Gasteiger partial charge in [0.05, 0.1) is 5.41 Å². The van der Waals surface area contributed by atoms with Gasteiger partial charge in [0.1, 0.15) is 29.7 Å². The molecule has 0 unspecified atom stereocenters. The minimum Gasteiger partial charge on any atom is -0.469 e. The fraction of sp³-hybridized carbons (Fsp3) is 0.682. The van der Waals surface area contributed by atoms with Crippen molar-refractivity contribution < 1.29 is 33.7 Å². The molecule has 0 radical (unpaired) electrons. The molecule has 2 heterocycles. The topological polar surface area (TPSA) is 99.1 Å². The summed E-state index contributed by atoms with van der Waals surface area (Å²) in [4.78, 5) is 38.2. The molecule has 1 saturated heterocycles. The molecule has 3 fully saturated rings. The number of aliphatic hydroxyl groups is 1. The molecule has 2 bridgehead atoms. The van der Waals surface area contributed by atoms with Crippen molar-refractivity contribution in [3.05, 3.63) is 23.5 Å². The summed E-state index contributed by atoms with van der Waals surface area (Å²) in [5.41, 5.74) is -1.73. The van der Waals surface area contributed by atoms with Gasteiger partial charge in [0.15, 0.2) is 0 Å². The Morgan fingerprint density at radius 2 is 2.07 bits per heavy atom. The van der Waals surface area contributed by atoms with Gasteiger partial charge >= 0.3 is 11.9 Å². The molecular formula is C22H26O7. The smallest absolute Gasteiger partial charge is 0.320 e. The lowest BCUT2D eigenvalue weighted by Gasteiger charge is -2.63. The van der Waals surface area contributed by atoms with Crippen molar-refractivity contribution in [2.45, 2.75) is 65.0 Å². The molecule has 0 aromatic carbocycles. The number of rotatable bonds is 2. The molecule has 5 rings (SSSR count). The molecule has 5 aliphatic rings. The highest BCUT2D eigenvalue weighted by Gasteiger charge is 2.77. The van der Waals surface area contributed by atoms with Crippen molar-refractivity contribution in [2.75, 3.05) is 0 Å². The van der Waals surface area contributed by atoms with E-state index in [2.05, 4.69) is 6.58 Å². The van der Waals surface area contributed by atoms with Gasteiger partial charge in [0, 0.05) is 24.8 Å². The van der Waals surface area contributed by atoms with Crippen LogP contribution in [0.25, 0.3) is 0 Å². The third kappa shape index (κ3) is 2.00. The first kappa shape index (κ1) is 18.9. The molecule has 2 aliphatic heterocycles. The van der Waals surface area contributed by atoms with Crippen LogP contribution in [0.4, 0.5) is 0 Å². The fourth-order valence-corrected chi connectivity index (χ4v) is 7.03. The number of fused-ring (bicyclic) bond motifs is 1. The third-order valence-corrected chi connectivity index (χ3v) is 8.05. The van der Waals surface area contributed by atoms with E-state index in [-0.39, 0.29) is 5.92 Å². The number of hydrogen-bond donors (Lipinski definition) is 1. The van der Waals surface area contributed by atoms with Crippen molar-refractivity contribution >= 4 is 18.2 Å². The largest absolute Gasteiger partial charge is 0.469 e. The number of ether oxygens (including phenoxy) is 3. The van der Waals surface area contributed by atoms with Crippen molar-refractivity contribution in [2.24, 2.45) is 28.1 Å². The van der Waals surface area contributed by atoms with Crippen LogP contribution in [0.2, 0.25) is 0 Å². The first-order valence-corrected chi connectivity index (χ1v) is 10.2. The summed E-state index contributed by atoms with van der Waals surface area (Å²) in [6.45, 7) is 9.42. The van der Waals surface area contributed by atoms with Gasteiger partial charge in [-0.25, -0.2) is 0 Å². The molecule has 7 nitrogen and oxygen atoms in total. The van der Waals surface area contributed by atoms with Gasteiger partial charge in [-0.2, -0.15) is 0 Å². The van der Waals surface area contributed by atoms with E-state index in [1.54, 1.807) is 0 Å². The average Bonchev–Trinajstić information content (AvgIpc) is 2.84. The minimum absolute atomic E-state index is 0.147. The summed E-state index contributed by atoms with van der Waals surface area (Å²) in [6.07, 6.45) is 0.119. The monoisotopic (exact) mass is 402 g/mol. The molecule has 29 heavy (non-hydrogen) atoms. The van der Waals surface area contributed by atoms with E-state index in [1.807, 2.05) is 13.8 Å². The Morgan fingerprint density at radius 1 is 1.34 bits per heavy atom. The molecule has 0 aromatic rings. The lowest BCUT2D eigenvalue weighted by molar-refractivity contribution is -0.250. The molecule has 1 spiro atoms. The highest BCUT2D eigenvalue weighted by molar-refractivity contribution is 5.91. The van der Waals surface area contributed by atoms with Crippen molar-refractivity contribution in [1.82, 2.24) is 0 Å². The molecule has 7 heteroatoms. The number of aliphatic hydroxyl groups excluding tert-OH is 1. The highest BCUT2D eigenvalue weighted by Crippen LogP contribution is 2.71. The average molecular weight is 402 g/mol. The summed E-state index contributed by atoms with van der Waals surface area (Å²) in [7, 11) is 0. The van der Waals surface area contributed by atoms with Crippen molar-refractivity contribution in [3.63, 3.8) is 0 Å². The fourth-order valence-electron chi connectivity index (χ4n) is 7.03. The Labute approximate surface area is 169 Å². The van der Waals surface area contributed by atoms with Gasteiger partial charge in [-0.3, -0.25) is 9.59 Å². The predicted molar refractivity (Wildman–Crippen MR) is 98.9 cm³/mol. The first-order chi connectivity index (χ1) is 13.6. The van der Waals surface area contributed by atoms with Crippen LogP contribution in [0.5, 0.6) is 0 Å². The van der Waals surface area contributed by atoms with E-state index in [0.29, 0.717) is 42.6 Å². The summed E-state index contributed by atoms with van der Waals surface area (Å²) in [5.74, 6) is -1.26. The maximum atomic E-state index is 13.5. The minimum atomic E-state index is -1.32. The van der Waals surface area contributed by atoms with Crippen LogP contribution in [0.1, 0.15) is 46.5 Å². The molecular weight excluding hydrogens is 376 g/mol. The number of allylic oxidation sites excluding steroid dienone is 1. The second-order valence-electron chi connectivity index (χ2n) is 9.90. The molecule has 0 aromatic heterocycles. The van der Waals surface area contributed by atoms with Crippen LogP contribution >= 0.6 is 0 Å². The van der Waals surface area contributed by atoms with E-state index >= 15 is 0 Å². The van der Waals surface area contributed by atoms with E-state index in [4.69, 9.17) is 14.2 Å². The van der Waals surface area contributed by atoms with E-state index in [1.165, 1.54) is 6.92 Å². The molecule has 1 N–H and O–H groups in total. The van der Waals surface area contributed by atoms with E-state index in [9.17, 15) is 19.5 Å². The zero-order valence-electron chi connectivity index (χ0n) is 16.9. The van der Waals surface area contributed by atoms with Crippen LogP contribution in [-0.2, 0) is 28.6 Å². The molecule has 3 aliphatic carbocycles. The standard InChI is InChI=1S/C22H26O7/c1-10-12-7-13-15-21(8-12,17(10)27-11(2)24)19(26)29-14-5-6-20(3,4)16(18(25)28-13)22(14,15)9-23/h9,12,14,16-18,25H,1,5-8H2,2-4H3/t12-,14-,16+,17+,18-,21-,22-/m0/s1. The van der Waals surface area contributed by atoms with Crippen molar-refractivity contribution in [1.29, 1.82) is 0 Å². The molecule has 0 amide bonds. The Kier molecular flexibility index (Phi) is 3.58. The Hall–Kier alpha value is -2.15. The van der Waals surface area contributed by atoms with Crippen LogP contribution in [0.15, 0.2) is 23.5 Å². The van der Waals surface area contributed by atoms with Crippen LogP contribution in [0.3, 0.4) is 0 Å². The zero-order valence-corrected chi connectivity index (χ0v) is 16.9. The summed E-state index contributed by atoms with van der Waals surface area (Å²) < 4.78 is 17.5. The van der Waals surface area contributed by atoms with Gasteiger partial charge < -0.3 is 24.1 Å². The third-order valence-electron chi connectivity index (χ3n) is 8.05. The Morgan fingerprint density at radius 3 is 2.72 bits per heavy atom. The van der Waals surface area contributed by atoms with E-state index < -0.39 is 52.6 Å². The van der Waals surface area contributed by atoms with Crippen LogP contribution < -0.4 is 0 Å². The molecule has 156 valence electrons. The Balaban J connectivity index is 1.81. The second-order valence-corrected chi connectivity index (χ2v) is 9.90. The lowest BCUT2D eigenvalue weighted by Crippen LogP contribution is -2.69. The maximum Gasteiger partial charge on any atom is 0.320 e. The molecule has 2 saturated carbocycles. The van der Waals surface area contributed by atoms with Gasteiger partial charge in [-0.15, -0.1) is 0 Å². The lowest BCUT2D eigenvalue weighted by atomic mass is 9.45. The zero-order chi connectivity index (χ0) is 20.9. The van der Waals surface area contributed by atoms with Crippen LogP contribution in [0, 0.1) is 28.1 Å².